The molecule has 1 saturated heterocycles. The largest absolute Gasteiger partial charge is 0.387 e. The summed E-state index contributed by atoms with van der Waals surface area (Å²) in [5, 5.41) is 32.1. The summed E-state index contributed by atoms with van der Waals surface area (Å²) in [6.07, 6.45) is -6.34. The van der Waals surface area contributed by atoms with Gasteiger partial charge in [-0.05, 0) is 22.3 Å². The number of hydrogen-bond donors (Lipinski definition) is 3. The Morgan fingerprint density at radius 3 is 1.50 bits per heavy atom. The molecule has 6 nitrogen and oxygen atoms in total. The van der Waals surface area contributed by atoms with E-state index in [0.29, 0.717) is 0 Å². The monoisotopic (exact) mass is 512 g/mol. The lowest BCUT2D eigenvalue weighted by atomic mass is 9.80. The molecule has 1 aliphatic rings. The van der Waals surface area contributed by atoms with E-state index in [4.69, 9.17) is 14.2 Å². The molecule has 0 saturated carbocycles. The second-order valence-electron chi connectivity index (χ2n) is 9.40. The first-order valence-corrected chi connectivity index (χ1v) is 12.8. The Hall–Kier alpha value is -3.36. The van der Waals surface area contributed by atoms with Gasteiger partial charge < -0.3 is 29.5 Å². The Morgan fingerprint density at radius 1 is 0.579 bits per heavy atom. The van der Waals surface area contributed by atoms with Gasteiger partial charge in [-0.25, -0.2) is 0 Å². The Morgan fingerprint density at radius 2 is 1.03 bits per heavy atom. The second-order valence-corrected chi connectivity index (χ2v) is 9.40. The maximum Gasteiger partial charge on any atom is 0.187 e. The lowest BCUT2D eigenvalue weighted by molar-refractivity contribution is -0.308. The van der Waals surface area contributed by atoms with Gasteiger partial charge in [-0.2, -0.15) is 0 Å². The van der Waals surface area contributed by atoms with E-state index in [0.717, 1.165) is 22.3 Å². The maximum atomic E-state index is 10.8. The van der Waals surface area contributed by atoms with Crippen LogP contribution in [0.2, 0.25) is 0 Å². The van der Waals surface area contributed by atoms with E-state index in [1.54, 1.807) is 0 Å². The smallest absolute Gasteiger partial charge is 0.187 e. The second kappa shape index (κ2) is 12.0. The summed E-state index contributed by atoms with van der Waals surface area (Å²) in [5.74, 6) is 0. The summed E-state index contributed by atoms with van der Waals surface area (Å²) in [5.41, 5.74) is 2.59. The van der Waals surface area contributed by atoms with Crippen LogP contribution in [0.5, 0.6) is 0 Å². The van der Waals surface area contributed by atoms with E-state index in [9.17, 15) is 15.3 Å². The highest BCUT2D eigenvalue weighted by Gasteiger charge is 2.46. The molecule has 6 heteroatoms. The van der Waals surface area contributed by atoms with Crippen molar-refractivity contribution < 1.29 is 29.5 Å². The number of aliphatic hydroxyl groups is 3. The molecule has 0 aliphatic carbocycles. The normalized spacial score (nSPS) is 23.7. The molecule has 0 bridgehead atoms. The Kier molecular flexibility index (Phi) is 8.29. The minimum absolute atomic E-state index is 0.0746. The average Bonchev–Trinajstić information content (AvgIpc) is 2.99. The van der Waals surface area contributed by atoms with Gasteiger partial charge in [-0.15, -0.1) is 0 Å². The van der Waals surface area contributed by atoms with Crippen LogP contribution in [0.25, 0.3) is 0 Å². The summed E-state index contributed by atoms with van der Waals surface area (Å²) < 4.78 is 18.6. The van der Waals surface area contributed by atoms with Crippen LogP contribution in [0.4, 0.5) is 0 Å². The molecule has 1 heterocycles. The molecule has 3 N–H and O–H groups in total. The van der Waals surface area contributed by atoms with Crippen LogP contribution < -0.4 is 0 Å². The minimum Gasteiger partial charge on any atom is -0.387 e. The summed E-state index contributed by atoms with van der Waals surface area (Å²) in [4.78, 5) is 0. The van der Waals surface area contributed by atoms with Gasteiger partial charge in [0.2, 0.25) is 0 Å². The topological polar surface area (TPSA) is 88.4 Å². The van der Waals surface area contributed by atoms with Gasteiger partial charge in [0.25, 0.3) is 0 Å². The SMILES string of the molecule is OC1C(COC(c2ccccc2)(c2ccccc2)c2ccccc2)OC(OCc2ccccc2)C(O)C1O. The molecular weight excluding hydrogens is 480 g/mol. The maximum absolute atomic E-state index is 10.8. The zero-order valence-electron chi connectivity index (χ0n) is 20.9. The molecule has 1 aliphatic heterocycles. The molecule has 0 amide bonds. The summed E-state index contributed by atoms with van der Waals surface area (Å²) >= 11 is 0. The van der Waals surface area contributed by atoms with Crippen LogP contribution in [-0.4, -0.2) is 52.6 Å². The van der Waals surface area contributed by atoms with Gasteiger partial charge in [0.1, 0.15) is 30.0 Å². The molecule has 4 aromatic carbocycles. The third-order valence-corrected chi connectivity index (χ3v) is 6.93. The fraction of sp³-hybridized carbons (Fsp3) is 0.250. The van der Waals surface area contributed by atoms with E-state index in [2.05, 4.69) is 0 Å². The van der Waals surface area contributed by atoms with Crippen molar-refractivity contribution >= 4 is 0 Å². The van der Waals surface area contributed by atoms with Crippen molar-refractivity contribution in [1.82, 2.24) is 0 Å². The predicted octanol–water partition coefficient (Wildman–Crippen LogP) is 4.02. The van der Waals surface area contributed by atoms with Crippen LogP contribution in [0, 0.1) is 0 Å². The molecule has 196 valence electrons. The molecule has 1 fully saturated rings. The van der Waals surface area contributed by atoms with Crippen molar-refractivity contribution in [2.75, 3.05) is 6.61 Å². The fourth-order valence-corrected chi connectivity index (χ4v) is 4.92. The van der Waals surface area contributed by atoms with Crippen LogP contribution in [0.15, 0.2) is 121 Å². The zero-order valence-corrected chi connectivity index (χ0v) is 20.9. The molecule has 5 atom stereocenters. The van der Waals surface area contributed by atoms with Crippen LogP contribution in [0.3, 0.4) is 0 Å². The van der Waals surface area contributed by atoms with Gasteiger partial charge in [0.15, 0.2) is 6.29 Å². The lowest BCUT2D eigenvalue weighted by Gasteiger charge is -2.42. The summed E-state index contributed by atoms with van der Waals surface area (Å²) in [7, 11) is 0. The van der Waals surface area contributed by atoms with Gasteiger partial charge >= 0.3 is 0 Å². The van der Waals surface area contributed by atoms with Gasteiger partial charge in [0.05, 0.1) is 13.2 Å². The molecule has 0 spiro atoms. The average molecular weight is 513 g/mol. The minimum atomic E-state index is -1.46. The molecule has 38 heavy (non-hydrogen) atoms. The first-order valence-electron chi connectivity index (χ1n) is 12.8. The number of rotatable bonds is 9. The van der Waals surface area contributed by atoms with E-state index < -0.39 is 36.3 Å². The highest BCUT2D eigenvalue weighted by molar-refractivity contribution is 5.47. The highest BCUT2D eigenvalue weighted by atomic mass is 16.7. The molecule has 5 rings (SSSR count). The number of hydrogen-bond acceptors (Lipinski definition) is 6. The van der Waals surface area contributed by atoms with E-state index in [-0.39, 0.29) is 13.2 Å². The van der Waals surface area contributed by atoms with Gasteiger partial charge in [-0.3, -0.25) is 0 Å². The standard InChI is InChI=1S/C32H32O6/c33-28-27(38-31(30(35)29(28)34)36-21-23-13-5-1-6-14-23)22-37-32(24-15-7-2-8-16-24,25-17-9-3-10-18-25)26-19-11-4-12-20-26/h1-20,27-31,33-35H,21-22H2. The van der Waals surface area contributed by atoms with E-state index in [1.807, 2.05) is 121 Å². The first kappa shape index (κ1) is 26.3. The first-order chi connectivity index (χ1) is 18.6. The van der Waals surface area contributed by atoms with E-state index >= 15 is 0 Å². The van der Waals surface area contributed by atoms with Crippen LogP contribution >= 0.6 is 0 Å². The number of ether oxygens (including phenoxy) is 3. The molecule has 5 unspecified atom stereocenters. The van der Waals surface area contributed by atoms with Crippen molar-refractivity contribution in [3.63, 3.8) is 0 Å². The van der Waals surface area contributed by atoms with Crippen molar-refractivity contribution in [2.24, 2.45) is 0 Å². The summed E-state index contributed by atoms with van der Waals surface area (Å²) in [6.45, 7) is 0.107. The molecule has 0 aromatic heterocycles. The quantitative estimate of drug-likeness (QED) is 0.294. The molecular formula is C32H32O6. The number of aliphatic hydroxyl groups excluding tert-OH is 3. The Balaban J connectivity index is 1.45. The van der Waals surface area contributed by atoms with Crippen molar-refractivity contribution in [3.8, 4) is 0 Å². The highest BCUT2D eigenvalue weighted by Crippen LogP contribution is 2.41. The third-order valence-electron chi connectivity index (χ3n) is 6.93. The van der Waals surface area contributed by atoms with Gasteiger partial charge in [0, 0.05) is 0 Å². The van der Waals surface area contributed by atoms with Crippen LogP contribution in [0.1, 0.15) is 22.3 Å². The Bertz CT molecular complexity index is 1160. The molecule has 0 radical (unpaired) electrons. The molecule has 4 aromatic rings. The predicted molar refractivity (Wildman–Crippen MR) is 143 cm³/mol. The van der Waals surface area contributed by atoms with Crippen molar-refractivity contribution in [3.05, 3.63) is 144 Å². The van der Waals surface area contributed by atoms with Gasteiger partial charge in [-0.1, -0.05) is 121 Å². The summed E-state index contributed by atoms with van der Waals surface area (Å²) in [6, 6.07) is 39.1. The van der Waals surface area contributed by atoms with Crippen molar-refractivity contribution in [2.45, 2.75) is 42.9 Å². The third kappa shape index (κ3) is 5.42. The lowest BCUT2D eigenvalue weighted by Crippen LogP contribution is -2.59. The van der Waals surface area contributed by atoms with Crippen molar-refractivity contribution in [1.29, 1.82) is 0 Å². The van der Waals surface area contributed by atoms with E-state index in [1.165, 1.54) is 0 Å². The fourth-order valence-electron chi connectivity index (χ4n) is 4.92. The zero-order chi connectivity index (χ0) is 26.4. The number of benzene rings is 4. The Labute approximate surface area is 222 Å². The van der Waals surface area contributed by atoms with Crippen LogP contribution in [-0.2, 0) is 26.4 Å².